The molecule has 2 heterocycles. The standard InChI is InChI=1S/C9H9N3O2S2/c1-5-12-6(4-15-5)2-10-9-11-3-7(16-9)8(13)14/h3-4H,2H2,1H3,(H,10,11)(H,13,14). The Hall–Kier alpha value is -1.47. The number of aryl methyl sites for hydroxylation is 1. The second kappa shape index (κ2) is 4.58. The molecule has 0 unspecified atom stereocenters. The van der Waals surface area contributed by atoms with Gasteiger partial charge in [-0.2, -0.15) is 0 Å². The van der Waals surface area contributed by atoms with Crippen LogP contribution in [0.1, 0.15) is 20.4 Å². The van der Waals surface area contributed by atoms with Gasteiger partial charge in [0.25, 0.3) is 0 Å². The molecule has 7 heteroatoms. The lowest BCUT2D eigenvalue weighted by Crippen LogP contribution is -1.98. The van der Waals surface area contributed by atoms with Crippen LogP contribution in [0.3, 0.4) is 0 Å². The SMILES string of the molecule is Cc1nc(CNc2ncc(C(=O)O)s2)cs1. The van der Waals surface area contributed by atoms with Crippen molar-refractivity contribution in [1.29, 1.82) is 0 Å². The van der Waals surface area contributed by atoms with Gasteiger partial charge < -0.3 is 10.4 Å². The number of hydrogen-bond acceptors (Lipinski definition) is 6. The lowest BCUT2D eigenvalue weighted by Gasteiger charge is -1.97. The van der Waals surface area contributed by atoms with Gasteiger partial charge in [0.05, 0.1) is 23.4 Å². The molecule has 2 N–H and O–H groups in total. The number of aromatic carboxylic acids is 1. The molecule has 2 aromatic heterocycles. The van der Waals surface area contributed by atoms with Crippen LogP contribution < -0.4 is 5.32 Å². The van der Waals surface area contributed by atoms with Crippen molar-refractivity contribution < 1.29 is 9.90 Å². The van der Waals surface area contributed by atoms with Crippen molar-refractivity contribution in [1.82, 2.24) is 9.97 Å². The van der Waals surface area contributed by atoms with Gasteiger partial charge in [-0.3, -0.25) is 0 Å². The fraction of sp³-hybridized carbons (Fsp3) is 0.222. The highest BCUT2D eigenvalue weighted by Crippen LogP contribution is 2.19. The predicted octanol–water partition coefficient (Wildman–Crippen LogP) is 2.22. The van der Waals surface area contributed by atoms with Crippen molar-refractivity contribution >= 4 is 33.8 Å². The van der Waals surface area contributed by atoms with Crippen LogP contribution in [-0.2, 0) is 6.54 Å². The van der Waals surface area contributed by atoms with Gasteiger partial charge in [0.2, 0.25) is 0 Å². The van der Waals surface area contributed by atoms with Gasteiger partial charge in [0.1, 0.15) is 4.88 Å². The fourth-order valence-corrected chi connectivity index (χ4v) is 2.37. The highest BCUT2D eigenvalue weighted by Gasteiger charge is 2.08. The van der Waals surface area contributed by atoms with E-state index in [-0.39, 0.29) is 4.88 Å². The van der Waals surface area contributed by atoms with Crippen LogP contribution in [0.5, 0.6) is 0 Å². The number of thiazole rings is 2. The number of carboxylic acid groups (broad SMARTS) is 1. The molecule has 0 aliphatic carbocycles. The van der Waals surface area contributed by atoms with Gasteiger partial charge >= 0.3 is 5.97 Å². The van der Waals surface area contributed by atoms with Crippen LogP contribution in [0.2, 0.25) is 0 Å². The Bertz CT molecular complexity index is 506. The highest BCUT2D eigenvalue weighted by atomic mass is 32.1. The molecule has 0 spiro atoms. The summed E-state index contributed by atoms with van der Waals surface area (Å²) in [5.74, 6) is -0.949. The largest absolute Gasteiger partial charge is 0.477 e. The molecule has 0 radical (unpaired) electrons. The number of nitrogens with one attached hydrogen (secondary N) is 1. The normalized spacial score (nSPS) is 10.3. The zero-order valence-corrected chi connectivity index (χ0v) is 10.1. The number of nitrogens with zero attached hydrogens (tertiary/aromatic N) is 2. The van der Waals surface area contributed by atoms with E-state index in [9.17, 15) is 4.79 Å². The Kier molecular flexibility index (Phi) is 3.16. The molecule has 5 nitrogen and oxygen atoms in total. The van der Waals surface area contributed by atoms with Crippen LogP contribution in [-0.4, -0.2) is 21.0 Å². The summed E-state index contributed by atoms with van der Waals surface area (Å²) >= 11 is 2.71. The second-order valence-corrected chi connectivity index (χ2v) is 5.14. The smallest absolute Gasteiger partial charge is 0.347 e. The molecule has 16 heavy (non-hydrogen) atoms. The third-order valence-corrected chi connectivity index (χ3v) is 3.57. The lowest BCUT2D eigenvalue weighted by molar-refractivity contribution is 0.0702. The molecule has 0 aromatic carbocycles. The minimum Gasteiger partial charge on any atom is -0.477 e. The van der Waals surface area contributed by atoms with E-state index in [0.29, 0.717) is 11.7 Å². The van der Waals surface area contributed by atoms with Crippen LogP contribution in [0, 0.1) is 6.92 Å². The maximum absolute atomic E-state index is 10.6. The number of carbonyl (C=O) groups is 1. The number of anilines is 1. The average Bonchev–Trinajstić information content (AvgIpc) is 2.83. The summed E-state index contributed by atoms with van der Waals surface area (Å²) < 4.78 is 0. The van der Waals surface area contributed by atoms with Gasteiger partial charge in [-0.1, -0.05) is 11.3 Å². The van der Waals surface area contributed by atoms with Crippen LogP contribution in [0.4, 0.5) is 5.13 Å². The average molecular weight is 255 g/mol. The van der Waals surface area contributed by atoms with E-state index in [1.165, 1.54) is 6.20 Å². The van der Waals surface area contributed by atoms with E-state index in [2.05, 4.69) is 15.3 Å². The number of aromatic nitrogens is 2. The van der Waals surface area contributed by atoms with Crippen LogP contribution in [0.25, 0.3) is 0 Å². The van der Waals surface area contributed by atoms with E-state index < -0.39 is 5.97 Å². The molecule has 0 amide bonds. The quantitative estimate of drug-likeness (QED) is 0.876. The van der Waals surface area contributed by atoms with E-state index in [4.69, 9.17) is 5.11 Å². The van der Waals surface area contributed by atoms with Crippen molar-refractivity contribution in [2.24, 2.45) is 0 Å². The van der Waals surface area contributed by atoms with E-state index in [0.717, 1.165) is 22.0 Å². The van der Waals surface area contributed by atoms with Crippen molar-refractivity contribution in [3.05, 3.63) is 27.2 Å². The Labute approximate surface area is 99.8 Å². The Morgan fingerprint density at radius 1 is 1.62 bits per heavy atom. The van der Waals surface area contributed by atoms with Crippen LogP contribution >= 0.6 is 22.7 Å². The van der Waals surface area contributed by atoms with Crippen molar-refractivity contribution in [3.8, 4) is 0 Å². The molecule has 2 aromatic rings. The van der Waals surface area contributed by atoms with E-state index >= 15 is 0 Å². The Morgan fingerprint density at radius 2 is 2.44 bits per heavy atom. The first-order chi connectivity index (χ1) is 7.65. The molecule has 84 valence electrons. The predicted molar refractivity (Wildman–Crippen MR) is 63.3 cm³/mol. The molecule has 0 aliphatic rings. The first kappa shape index (κ1) is 11.0. The van der Waals surface area contributed by atoms with Crippen molar-refractivity contribution in [3.63, 3.8) is 0 Å². The number of hydrogen-bond donors (Lipinski definition) is 2. The zero-order valence-electron chi connectivity index (χ0n) is 8.43. The van der Waals surface area contributed by atoms with Gasteiger partial charge in [-0.25, -0.2) is 14.8 Å². The van der Waals surface area contributed by atoms with Crippen molar-refractivity contribution in [2.45, 2.75) is 13.5 Å². The van der Waals surface area contributed by atoms with E-state index in [1.54, 1.807) is 11.3 Å². The molecule has 0 bridgehead atoms. The topological polar surface area (TPSA) is 75.1 Å². The first-order valence-electron chi connectivity index (χ1n) is 4.49. The van der Waals surface area contributed by atoms with Gasteiger partial charge in [-0.15, -0.1) is 11.3 Å². The van der Waals surface area contributed by atoms with Gasteiger partial charge in [0.15, 0.2) is 5.13 Å². The summed E-state index contributed by atoms with van der Waals surface area (Å²) in [6.45, 7) is 2.51. The number of rotatable bonds is 4. The summed E-state index contributed by atoms with van der Waals surface area (Å²) in [4.78, 5) is 19.1. The zero-order chi connectivity index (χ0) is 11.5. The molecule has 0 atom stereocenters. The fourth-order valence-electron chi connectivity index (χ4n) is 1.11. The van der Waals surface area contributed by atoms with Crippen molar-refractivity contribution in [2.75, 3.05) is 5.32 Å². The van der Waals surface area contributed by atoms with Gasteiger partial charge in [-0.05, 0) is 6.92 Å². The first-order valence-corrected chi connectivity index (χ1v) is 6.19. The molecular weight excluding hydrogens is 246 g/mol. The maximum atomic E-state index is 10.6. The monoisotopic (exact) mass is 255 g/mol. The summed E-state index contributed by atoms with van der Waals surface area (Å²) in [5, 5.41) is 15.3. The third kappa shape index (κ3) is 2.56. The van der Waals surface area contributed by atoms with Crippen LogP contribution in [0.15, 0.2) is 11.6 Å². The molecule has 0 saturated heterocycles. The second-order valence-electron chi connectivity index (χ2n) is 3.05. The Morgan fingerprint density at radius 3 is 3.00 bits per heavy atom. The molecule has 0 fully saturated rings. The van der Waals surface area contributed by atoms with E-state index in [1.807, 2.05) is 12.3 Å². The molecule has 0 aliphatic heterocycles. The highest BCUT2D eigenvalue weighted by molar-refractivity contribution is 7.17. The summed E-state index contributed by atoms with van der Waals surface area (Å²) in [7, 11) is 0. The number of carboxylic acids is 1. The minimum atomic E-state index is -0.949. The molecule has 2 rings (SSSR count). The summed E-state index contributed by atoms with van der Waals surface area (Å²) in [6, 6.07) is 0. The maximum Gasteiger partial charge on any atom is 0.347 e. The van der Waals surface area contributed by atoms with Gasteiger partial charge in [0, 0.05) is 5.38 Å². The molecule has 0 saturated carbocycles. The summed E-state index contributed by atoms with van der Waals surface area (Å²) in [5.41, 5.74) is 0.939. The Balaban J connectivity index is 1.97. The summed E-state index contributed by atoms with van der Waals surface area (Å²) in [6.07, 6.45) is 1.35. The minimum absolute atomic E-state index is 0.233. The molecular formula is C9H9N3O2S2. The third-order valence-electron chi connectivity index (χ3n) is 1.80. The lowest BCUT2D eigenvalue weighted by atomic mass is 10.5.